The van der Waals surface area contributed by atoms with Crippen LogP contribution in [0.4, 0.5) is 8.78 Å². The molecule has 2 amide bonds. The van der Waals surface area contributed by atoms with Crippen LogP contribution in [0.5, 0.6) is 0 Å². The van der Waals surface area contributed by atoms with Gasteiger partial charge >= 0.3 is 0 Å². The predicted octanol–water partition coefficient (Wildman–Crippen LogP) is 2.94. The molecule has 1 fully saturated rings. The summed E-state index contributed by atoms with van der Waals surface area (Å²) in [5.41, 5.74) is 6.02. The molecule has 0 radical (unpaired) electrons. The van der Waals surface area contributed by atoms with Crippen molar-refractivity contribution in [2.75, 3.05) is 6.54 Å². The van der Waals surface area contributed by atoms with Crippen LogP contribution in [-0.2, 0) is 16.0 Å². The van der Waals surface area contributed by atoms with Crippen LogP contribution in [-0.4, -0.2) is 18.4 Å². The van der Waals surface area contributed by atoms with E-state index in [9.17, 15) is 18.4 Å². The molecule has 1 aliphatic rings. The Kier molecular flexibility index (Phi) is 6.91. The number of amides is 2. The third-order valence-electron chi connectivity index (χ3n) is 5.02. The number of rotatable bonds is 9. The second kappa shape index (κ2) is 8.92. The molecule has 0 aliphatic heterocycles. The smallest absolute Gasteiger partial charge is 0.223 e. The van der Waals surface area contributed by atoms with Gasteiger partial charge in [-0.05, 0) is 49.8 Å². The van der Waals surface area contributed by atoms with Gasteiger partial charge in [0.25, 0.3) is 0 Å². The van der Waals surface area contributed by atoms with E-state index >= 15 is 0 Å². The summed E-state index contributed by atoms with van der Waals surface area (Å²) in [6.45, 7) is 2.31. The zero-order chi connectivity index (χ0) is 18.4. The average Bonchev–Trinajstić information content (AvgIpc) is 2.47. The first-order chi connectivity index (χ1) is 11.9. The number of carbonyl (C=O) groups excluding carboxylic acids is 2. The Morgan fingerprint density at radius 2 is 1.84 bits per heavy atom. The molecule has 25 heavy (non-hydrogen) atoms. The van der Waals surface area contributed by atoms with Gasteiger partial charge in [0, 0.05) is 24.4 Å². The molecule has 0 bridgehead atoms. The summed E-state index contributed by atoms with van der Waals surface area (Å²) in [5, 5.41) is 2.78. The Morgan fingerprint density at radius 1 is 1.20 bits per heavy atom. The van der Waals surface area contributed by atoms with Crippen LogP contribution in [0.2, 0.25) is 0 Å². The maximum atomic E-state index is 13.3. The van der Waals surface area contributed by atoms with E-state index in [0.717, 1.165) is 25.3 Å². The summed E-state index contributed by atoms with van der Waals surface area (Å²) in [7, 11) is 0. The van der Waals surface area contributed by atoms with Gasteiger partial charge in [-0.15, -0.1) is 0 Å². The van der Waals surface area contributed by atoms with Crippen molar-refractivity contribution in [3.63, 3.8) is 0 Å². The molecule has 2 rings (SSSR count). The second-order valence-electron chi connectivity index (χ2n) is 6.86. The maximum Gasteiger partial charge on any atom is 0.223 e. The number of benzene rings is 1. The quantitative estimate of drug-likeness (QED) is 0.717. The molecule has 0 unspecified atom stereocenters. The van der Waals surface area contributed by atoms with Crippen molar-refractivity contribution >= 4 is 11.8 Å². The molecule has 138 valence electrons. The van der Waals surface area contributed by atoms with Crippen molar-refractivity contribution < 1.29 is 18.4 Å². The highest BCUT2D eigenvalue weighted by Gasteiger charge is 2.35. The molecule has 1 aromatic rings. The highest BCUT2D eigenvalue weighted by atomic mass is 19.1. The summed E-state index contributed by atoms with van der Waals surface area (Å²) in [6, 6.07) is 3.30. The molecule has 2 atom stereocenters. The highest BCUT2D eigenvalue weighted by molar-refractivity contribution is 5.86. The van der Waals surface area contributed by atoms with E-state index in [1.54, 1.807) is 0 Å². The standard InChI is InChI=1S/C19H26F2N2O2/c1-2-23-19(25)17(10-12-4-3-5-12)16(18(22)24)7-6-13-8-14(20)11-15(21)9-13/h8-9,11-12,16-17H,2-7,10H2,1H3,(H2,22,24)(H,23,25)/t16-,17+/m0/s1. The molecule has 0 heterocycles. The molecule has 3 N–H and O–H groups in total. The minimum absolute atomic E-state index is 0.163. The van der Waals surface area contributed by atoms with Gasteiger partial charge in [-0.25, -0.2) is 8.78 Å². The predicted molar refractivity (Wildman–Crippen MR) is 91.5 cm³/mol. The summed E-state index contributed by atoms with van der Waals surface area (Å²) in [4.78, 5) is 24.4. The zero-order valence-corrected chi connectivity index (χ0v) is 14.6. The third kappa shape index (κ3) is 5.51. The Hall–Kier alpha value is -1.98. The number of hydrogen-bond donors (Lipinski definition) is 2. The Labute approximate surface area is 147 Å². The van der Waals surface area contributed by atoms with Crippen molar-refractivity contribution in [3.8, 4) is 0 Å². The lowest BCUT2D eigenvalue weighted by Crippen LogP contribution is -2.42. The molecule has 1 aliphatic carbocycles. The van der Waals surface area contributed by atoms with Crippen LogP contribution in [0.25, 0.3) is 0 Å². The Balaban J connectivity index is 2.10. The SMILES string of the molecule is CCNC(=O)[C@H](CC1CCC1)[C@H](CCc1cc(F)cc(F)c1)C(N)=O. The molecule has 6 heteroatoms. The van der Waals surface area contributed by atoms with E-state index in [1.165, 1.54) is 12.1 Å². The Morgan fingerprint density at radius 3 is 2.32 bits per heavy atom. The zero-order valence-electron chi connectivity index (χ0n) is 14.6. The Bertz CT molecular complexity index is 597. The number of aryl methyl sites for hydroxylation is 1. The molecular weight excluding hydrogens is 326 g/mol. The van der Waals surface area contributed by atoms with E-state index in [-0.39, 0.29) is 5.91 Å². The summed E-state index contributed by atoms with van der Waals surface area (Å²) >= 11 is 0. The topological polar surface area (TPSA) is 72.2 Å². The van der Waals surface area contributed by atoms with Crippen molar-refractivity contribution in [2.24, 2.45) is 23.5 Å². The van der Waals surface area contributed by atoms with E-state index in [0.29, 0.717) is 37.3 Å². The summed E-state index contributed by atoms with van der Waals surface area (Å²) < 4.78 is 26.7. The van der Waals surface area contributed by atoms with Gasteiger partial charge in [0.05, 0.1) is 0 Å². The van der Waals surface area contributed by atoms with E-state index in [1.807, 2.05) is 6.92 Å². The average molecular weight is 352 g/mol. The maximum absolute atomic E-state index is 13.3. The molecule has 4 nitrogen and oxygen atoms in total. The summed E-state index contributed by atoms with van der Waals surface area (Å²) in [6.07, 6.45) is 4.51. The lowest BCUT2D eigenvalue weighted by Gasteiger charge is -2.32. The normalized spacial score (nSPS) is 16.8. The van der Waals surface area contributed by atoms with Crippen molar-refractivity contribution in [1.29, 1.82) is 0 Å². The number of nitrogens with one attached hydrogen (secondary N) is 1. The first-order valence-electron chi connectivity index (χ1n) is 8.92. The fourth-order valence-corrected chi connectivity index (χ4v) is 3.47. The minimum atomic E-state index is -0.652. The fourth-order valence-electron chi connectivity index (χ4n) is 3.47. The van der Waals surface area contributed by atoms with E-state index in [2.05, 4.69) is 5.32 Å². The number of halogens is 2. The summed E-state index contributed by atoms with van der Waals surface area (Å²) in [5.74, 6) is -2.68. The van der Waals surface area contributed by atoms with Crippen LogP contribution in [0.1, 0.15) is 44.6 Å². The highest BCUT2D eigenvalue weighted by Crippen LogP contribution is 2.35. The van der Waals surface area contributed by atoms with Gasteiger partial charge in [0.2, 0.25) is 11.8 Å². The fraction of sp³-hybridized carbons (Fsp3) is 0.579. The first kappa shape index (κ1) is 19.3. The second-order valence-corrected chi connectivity index (χ2v) is 6.86. The molecule has 0 aromatic heterocycles. The van der Waals surface area contributed by atoms with Gasteiger partial charge in [-0.1, -0.05) is 19.3 Å². The monoisotopic (exact) mass is 352 g/mol. The number of hydrogen-bond acceptors (Lipinski definition) is 2. The molecular formula is C19H26F2N2O2. The van der Waals surface area contributed by atoms with Crippen LogP contribution in [0, 0.1) is 29.4 Å². The van der Waals surface area contributed by atoms with Crippen LogP contribution >= 0.6 is 0 Å². The molecule has 1 saturated carbocycles. The first-order valence-corrected chi connectivity index (χ1v) is 8.92. The largest absolute Gasteiger partial charge is 0.369 e. The molecule has 1 aromatic carbocycles. The lowest BCUT2D eigenvalue weighted by molar-refractivity contribution is -0.134. The minimum Gasteiger partial charge on any atom is -0.369 e. The lowest BCUT2D eigenvalue weighted by atomic mass is 9.73. The van der Waals surface area contributed by atoms with Gasteiger partial charge in [0.15, 0.2) is 0 Å². The molecule has 0 saturated heterocycles. The van der Waals surface area contributed by atoms with Crippen LogP contribution < -0.4 is 11.1 Å². The van der Waals surface area contributed by atoms with Gasteiger partial charge in [-0.3, -0.25) is 9.59 Å². The van der Waals surface area contributed by atoms with Crippen LogP contribution in [0.15, 0.2) is 18.2 Å². The van der Waals surface area contributed by atoms with Gasteiger partial charge in [-0.2, -0.15) is 0 Å². The van der Waals surface area contributed by atoms with Gasteiger partial charge in [0.1, 0.15) is 11.6 Å². The number of nitrogens with two attached hydrogens (primary N) is 1. The number of carbonyl (C=O) groups is 2. The van der Waals surface area contributed by atoms with Crippen LogP contribution in [0.3, 0.4) is 0 Å². The van der Waals surface area contributed by atoms with Crippen molar-refractivity contribution in [2.45, 2.75) is 45.4 Å². The van der Waals surface area contributed by atoms with Gasteiger partial charge < -0.3 is 11.1 Å². The van der Waals surface area contributed by atoms with Crippen molar-refractivity contribution in [1.82, 2.24) is 5.32 Å². The van der Waals surface area contributed by atoms with Crippen molar-refractivity contribution in [3.05, 3.63) is 35.4 Å². The van der Waals surface area contributed by atoms with E-state index in [4.69, 9.17) is 5.73 Å². The molecule has 0 spiro atoms. The third-order valence-corrected chi connectivity index (χ3v) is 5.02. The van der Waals surface area contributed by atoms with E-state index < -0.39 is 29.4 Å². The number of primary amides is 1.